The van der Waals surface area contributed by atoms with Gasteiger partial charge in [0.1, 0.15) is 5.75 Å². The lowest BCUT2D eigenvalue weighted by atomic mass is 9.94. The van der Waals surface area contributed by atoms with Crippen LogP contribution in [0.1, 0.15) is 42.7 Å². The van der Waals surface area contributed by atoms with Crippen molar-refractivity contribution in [2.45, 2.75) is 38.0 Å². The largest absolute Gasteiger partial charge is 0.497 e. The summed E-state index contributed by atoms with van der Waals surface area (Å²) < 4.78 is 5.25. The average Bonchev–Trinajstić information content (AvgIpc) is 2.98. The zero-order valence-electron chi connectivity index (χ0n) is 16.2. The standard InChI is InChI=1S/C23H30N2O2/c1-27-22-14-12-20(13-15-22)21-11-5-6-17-25(18-21)23(26)24-16-7-10-19-8-3-2-4-9-19/h2-4,8-9,12-15,21H,5-7,10-11,16-18H2,1H3,(H,24,26). The van der Waals surface area contributed by atoms with Gasteiger partial charge in [0.25, 0.3) is 0 Å². The highest BCUT2D eigenvalue weighted by Crippen LogP contribution is 2.27. The third-order valence-corrected chi connectivity index (χ3v) is 5.31. The van der Waals surface area contributed by atoms with Crippen LogP contribution in [-0.4, -0.2) is 37.7 Å². The Morgan fingerprint density at radius 1 is 1.11 bits per heavy atom. The van der Waals surface area contributed by atoms with Gasteiger partial charge in [-0.05, 0) is 48.9 Å². The predicted octanol–water partition coefficient (Wildman–Crippen LogP) is 4.61. The molecule has 1 heterocycles. The minimum Gasteiger partial charge on any atom is -0.497 e. The number of carbonyl (C=O) groups excluding carboxylic acids is 1. The summed E-state index contributed by atoms with van der Waals surface area (Å²) in [6, 6.07) is 18.8. The number of ether oxygens (including phenoxy) is 1. The topological polar surface area (TPSA) is 41.6 Å². The van der Waals surface area contributed by atoms with Gasteiger partial charge in [-0.2, -0.15) is 0 Å². The lowest BCUT2D eigenvalue weighted by molar-refractivity contribution is 0.197. The van der Waals surface area contributed by atoms with Crippen molar-refractivity contribution in [2.75, 3.05) is 26.7 Å². The smallest absolute Gasteiger partial charge is 0.317 e. The van der Waals surface area contributed by atoms with Gasteiger partial charge in [-0.15, -0.1) is 0 Å². The van der Waals surface area contributed by atoms with E-state index in [2.05, 4.69) is 41.7 Å². The molecular weight excluding hydrogens is 336 g/mol. The SMILES string of the molecule is COc1ccc(C2CCCCN(C(=O)NCCCc3ccccc3)C2)cc1. The minimum absolute atomic E-state index is 0.0727. The molecule has 4 heteroatoms. The summed E-state index contributed by atoms with van der Waals surface area (Å²) in [5.41, 5.74) is 2.61. The number of hydrogen-bond acceptors (Lipinski definition) is 2. The first kappa shape index (κ1) is 19.3. The lowest BCUT2D eigenvalue weighted by Gasteiger charge is -2.25. The van der Waals surface area contributed by atoms with E-state index in [0.29, 0.717) is 5.92 Å². The van der Waals surface area contributed by atoms with Crippen molar-refractivity contribution in [3.63, 3.8) is 0 Å². The van der Waals surface area contributed by atoms with E-state index in [1.807, 2.05) is 23.1 Å². The van der Waals surface area contributed by atoms with Gasteiger partial charge in [0, 0.05) is 25.6 Å². The number of rotatable bonds is 6. The number of carbonyl (C=O) groups is 1. The normalized spacial score (nSPS) is 17.2. The molecule has 2 amide bonds. The van der Waals surface area contributed by atoms with Gasteiger partial charge in [-0.1, -0.05) is 48.9 Å². The van der Waals surface area contributed by atoms with Crippen molar-refractivity contribution in [2.24, 2.45) is 0 Å². The van der Waals surface area contributed by atoms with Crippen LogP contribution in [0.3, 0.4) is 0 Å². The molecule has 27 heavy (non-hydrogen) atoms. The fourth-order valence-electron chi connectivity index (χ4n) is 3.72. The fraction of sp³-hybridized carbons (Fsp3) is 0.435. The molecule has 1 saturated heterocycles. The van der Waals surface area contributed by atoms with Gasteiger partial charge in [-0.25, -0.2) is 4.79 Å². The molecule has 3 rings (SSSR count). The van der Waals surface area contributed by atoms with Crippen LogP contribution >= 0.6 is 0 Å². The maximum atomic E-state index is 12.6. The molecule has 144 valence electrons. The van der Waals surface area contributed by atoms with Crippen LogP contribution in [0, 0.1) is 0 Å². The van der Waals surface area contributed by atoms with Gasteiger partial charge in [0.15, 0.2) is 0 Å². The van der Waals surface area contributed by atoms with E-state index >= 15 is 0 Å². The molecule has 1 N–H and O–H groups in total. The van der Waals surface area contributed by atoms with Gasteiger partial charge in [0.05, 0.1) is 7.11 Å². The van der Waals surface area contributed by atoms with E-state index in [4.69, 9.17) is 4.74 Å². The quantitative estimate of drug-likeness (QED) is 0.759. The summed E-state index contributed by atoms with van der Waals surface area (Å²) in [4.78, 5) is 14.6. The Bertz CT molecular complexity index is 700. The van der Waals surface area contributed by atoms with Crippen molar-refractivity contribution in [3.8, 4) is 5.75 Å². The molecule has 1 fully saturated rings. The van der Waals surface area contributed by atoms with Crippen LogP contribution in [-0.2, 0) is 6.42 Å². The molecule has 0 saturated carbocycles. The number of methoxy groups -OCH3 is 1. The van der Waals surface area contributed by atoms with Crippen LogP contribution in [0.2, 0.25) is 0 Å². The Kier molecular flexibility index (Phi) is 7.14. The van der Waals surface area contributed by atoms with E-state index in [0.717, 1.165) is 57.5 Å². The summed E-state index contributed by atoms with van der Waals surface area (Å²) >= 11 is 0. The molecule has 0 spiro atoms. The van der Waals surface area contributed by atoms with Crippen LogP contribution in [0.4, 0.5) is 4.79 Å². The maximum Gasteiger partial charge on any atom is 0.317 e. The van der Waals surface area contributed by atoms with Crippen molar-refractivity contribution in [1.82, 2.24) is 10.2 Å². The molecule has 1 aliphatic heterocycles. The summed E-state index contributed by atoms with van der Waals surface area (Å²) in [5.74, 6) is 1.27. The van der Waals surface area contributed by atoms with E-state index in [1.165, 1.54) is 11.1 Å². The van der Waals surface area contributed by atoms with E-state index in [-0.39, 0.29) is 6.03 Å². The van der Waals surface area contributed by atoms with Crippen molar-refractivity contribution >= 4 is 6.03 Å². The number of benzene rings is 2. The summed E-state index contributed by atoms with van der Waals surface area (Å²) in [5, 5.41) is 3.11. The average molecular weight is 367 g/mol. The number of urea groups is 1. The van der Waals surface area contributed by atoms with Crippen molar-refractivity contribution in [3.05, 3.63) is 65.7 Å². The van der Waals surface area contributed by atoms with Crippen molar-refractivity contribution in [1.29, 1.82) is 0 Å². The van der Waals surface area contributed by atoms with E-state index in [1.54, 1.807) is 7.11 Å². The number of amides is 2. The zero-order chi connectivity index (χ0) is 18.9. The van der Waals surface area contributed by atoms with E-state index < -0.39 is 0 Å². The van der Waals surface area contributed by atoms with Crippen LogP contribution in [0.15, 0.2) is 54.6 Å². The lowest BCUT2D eigenvalue weighted by Crippen LogP contribution is -2.42. The molecule has 2 aromatic carbocycles. The molecule has 0 bridgehead atoms. The van der Waals surface area contributed by atoms with Crippen LogP contribution in [0.5, 0.6) is 5.75 Å². The molecular formula is C23H30N2O2. The zero-order valence-corrected chi connectivity index (χ0v) is 16.2. The molecule has 0 aliphatic carbocycles. The van der Waals surface area contributed by atoms with Crippen molar-refractivity contribution < 1.29 is 9.53 Å². The molecule has 1 atom stereocenters. The van der Waals surface area contributed by atoms with Gasteiger partial charge >= 0.3 is 6.03 Å². The first-order valence-corrected chi connectivity index (χ1v) is 9.97. The van der Waals surface area contributed by atoms with Gasteiger partial charge in [0.2, 0.25) is 0 Å². The molecule has 0 radical (unpaired) electrons. The fourth-order valence-corrected chi connectivity index (χ4v) is 3.72. The Hall–Kier alpha value is -2.49. The Morgan fingerprint density at radius 3 is 2.63 bits per heavy atom. The third kappa shape index (κ3) is 5.75. The molecule has 1 unspecified atom stereocenters. The first-order chi connectivity index (χ1) is 13.3. The third-order valence-electron chi connectivity index (χ3n) is 5.31. The summed E-state index contributed by atoms with van der Waals surface area (Å²) in [6.45, 7) is 2.35. The molecule has 4 nitrogen and oxygen atoms in total. The van der Waals surface area contributed by atoms with Gasteiger partial charge < -0.3 is 15.0 Å². The Morgan fingerprint density at radius 2 is 1.89 bits per heavy atom. The van der Waals surface area contributed by atoms with E-state index in [9.17, 15) is 4.79 Å². The second-order valence-electron chi connectivity index (χ2n) is 7.23. The Balaban J connectivity index is 1.49. The Labute approximate surface area is 162 Å². The number of likely N-dealkylation sites (tertiary alicyclic amines) is 1. The second kappa shape index (κ2) is 10.0. The second-order valence-corrected chi connectivity index (χ2v) is 7.23. The maximum absolute atomic E-state index is 12.6. The highest BCUT2D eigenvalue weighted by molar-refractivity contribution is 5.74. The molecule has 2 aromatic rings. The highest BCUT2D eigenvalue weighted by Gasteiger charge is 2.23. The number of nitrogens with one attached hydrogen (secondary N) is 1. The van der Waals surface area contributed by atoms with Gasteiger partial charge in [-0.3, -0.25) is 0 Å². The first-order valence-electron chi connectivity index (χ1n) is 9.97. The van der Waals surface area contributed by atoms with Crippen LogP contribution in [0.25, 0.3) is 0 Å². The number of aryl methyl sites for hydroxylation is 1. The predicted molar refractivity (Wildman–Crippen MR) is 109 cm³/mol. The highest BCUT2D eigenvalue weighted by atomic mass is 16.5. The monoisotopic (exact) mass is 366 g/mol. The number of hydrogen-bond donors (Lipinski definition) is 1. The number of nitrogens with zero attached hydrogens (tertiary/aromatic N) is 1. The minimum atomic E-state index is 0.0727. The molecule has 0 aromatic heterocycles. The van der Waals surface area contributed by atoms with Crippen LogP contribution < -0.4 is 10.1 Å². The molecule has 1 aliphatic rings. The summed E-state index contributed by atoms with van der Waals surface area (Å²) in [7, 11) is 1.69. The summed E-state index contributed by atoms with van der Waals surface area (Å²) in [6.07, 6.45) is 5.32.